The highest BCUT2D eigenvalue weighted by atomic mass is 16.4. The van der Waals surface area contributed by atoms with Crippen molar-refractivity contribution in [3.05, 3.63) is 0 Å². The van der Waals surface area contributed by atoms with Crippen LogP contribution in [0, 0.1) is 17.2 Å². The maximum atomic E-state index is 11.5. The highest BCUT2D eigenvalue weighted by molar-refractivity contribution is 5.82. The summed E-state index contributed by atoms with van der Waals surface area (Å²) in [5.41, 5.74) is 0. The second-order valence-electron chi connectivity index (χ2n) is 3.66. The van der Waals surface area contributed by atoms with Gasteiger partial charge >= 0.3 is 12.0 Å². The standard InChI is InChI=1S/C10H17N3O3/c1-4-8(9(14)15)12-10(16)13(3)6-7(2)5-11/h7-8H,4,6H2,1-3H3,(H,12,16)(H,14,15)/t7?,8-/m1/s1. The number of amides is 2. The van der Waals surface area contributed by atoms with Gasteiger partial charge in [0.2, 0.25) is 0 Å². The van der Waals surface area contributed by atoms with Crippen LogP contribution in [0.1, 0.15) is 20.3 Å². The van der Waals surface area contributed by atoms with Crippen LogP contribution in [0.15, 0.2) is 0 Å². The van der Waals surface area contributed by atoms with Crippen molar-refractivity contribution < 1.29 is 14.7 Å². The van der Waals surface area contributed by atoms with Gasteiger partial charge in [0.25, 0.3) is 0 Å². The highest BCUT2D eigenvalue weighted by Crippen LogP contribution is 1.98. The van der Waals surface area contributed by atoms with E-state index in [0.29, 0.717) is 6.42 Å². The maximum Gasteiger partial charge on any atom is 0.326 e. The number of rotatable bonds is 5. The van der Waals surface area contributed by atoms with Crippen LogP contribution in [-0.2, 0) is 4.79 Å². The number of aliphatic carboxylic acids is 1. The van der Waals surface area contributed by atoms with Gasteiger partial charge in [-0.3, -0.25) is 0 Å². The van der Waals surface area contributed by atoms with Crippen LogP contribution in [0.3, 0.4) is 0 Å². The lowest BCUT2D eigenvalue weighted by molar-refractivity contribution is -0.139. The number of hydrogen-bond donors (Lipinski definition) is 2. The van der Waals surface area contributed by atoms with Crippen molar-refractivity contribution >= 4 is 12.0 Å². The molecule has 0 aromatic rings. The molecule has 0 radical (unpaired) electrons. The van der Waals surface area contributed by atoms with Gasteiger partial charge in [-0.1, -0.05) is 6.92 Å². The van der Waals surface area contributed by atoms with E-state index in [-0.39, 0.29) is 12.5 Å². The second-order valence-corrected chi connectivity index (χ2v) is 3.66. The number of nitriles is 1. The zero-order valence-electron chi connectivity index (χ0n) is 9.73. The zero-order chi connectivity index (χ0) is 12.7. The molecule has 0 rings (SSSR count). The van der Waals surface area contributed by atoms with Crippen molar-refractivity contribution in [2.75, 3.05) is 13.6 Å². The van der Waals surface area contributed by atoms with Crippen molar-refractivity contribution in [3.63, 3.8) is 0 Å². The maximum absolute atomic E-state index is 11.5. The van der Waals surface area contributed by atoms with Gasteiger partial charge in [-0.05, 0) is 13.3 Å². The van der Waals surface area contributed by atoms with Crippen LogP contribution >= 0.6 is 0 Å². The molecule has 0 aliphatic carbocycles. The van der Waals surface area contributed by atoms with Gasteiger partial charge in [0.1, 0.15) is 6.04 Å². The summed E-state index contributed by atoms with van der Waals surface area (Å²) in [7, 11) is 1.53. The molecule has 0 aliphatic rings. The van der Waals surface area contributed by atoms with E-state index >= 15 is 0 Å². The summed E-state index contributed by atoms with van der Waals surface area (Å²) in [6, 6.07) is 0.645. The molecule has 0 bridgehead atoms. The van der Waals surface area contributed by atoms with Gasteiger partial charge in [-0.15, -0.1) is 0 Å². The molecule has 0 heterocycles. The average molecular weight is 227 g/mol. The van der Waals surface area contributed by atoms with Crippen molar-refractivity contribution in [2.45, 2.75) is 26.3 Å². The molecule has 16 heavy (non-hydrogen) atoms. The van der Waals surface area contributed by atoms with Crippen molar-refractivity contribution in [3.8, 4) is 6.07 Å². The minimum absolute atomic E-state index is 0.276. The van der Waals surface area contributed by atoms with Crippen LogP contribution in [0.4, 0.5) is 4.79 Å². The monoisotopic (exact) mass is 227 g/mol. The molecular formula is C10H17N3O3. The molecular weight excluding hydrogens is 210 g/mol. The average Bonchev–Trinajstić information content (AvgIpc) is 2.24. The molecule has 6 nitrogen and oxygen atoms in total. The quantitative estimate of drug-likeness (QED) is 0.721. The molecule has 0 spiro atoms. The van der Waals surface area contributed by atoms with E-state index < -0.39 is 18.0 Å². The number of nitrogens with zero attached hydrogens (tertiary/aromatic N) is 2. The molecule has 90 valence electrons. The minimum atomic E-state index is -1.06. The summed E-state index contributed by atoms with van der Waals surface area (Å²) in [4.78, 5) is 23.5. The Kier molecular flexibility index (Phi) is 5.93. The Morgan fingerprint density at radius 1 is 1.56 bits per heavy atom. The predicted molar refractivity (Wildman–Crippen MR) is 57.7 cm³/mol. The number of nitrogens with one attached hydrogen (secondary N) is 1. The molecule has 0 aromatic heterocycles. The third-order valence-corrected chi connectivity index (χ3v) is 2.12. The fourth-order valence-corrected chi connectivity index (χ4v) is 1.13. The van der Waals surface area contributed by atoms with Crippen LogP contribution in [-0.4, -0.2) is 41.6 Å². The van der Waals surface area contributed by atoms with Gasteiger partial charge in [0.15, 0.2) is 0 Å². The number of hydrogen-bond acceptors (Lipinski definition) is 3. The van der Waals surface area contributed by atoms with Crippen molar-refractivity contribution in [1.82, 2.24) is 10.2 Å². The van der Waals surface area contributed by atoms with E-state index in [0.717, 1.165) is 0 Å². The van der Waals surface area contributed by atoms with E-state index in [9.17, 15) is 9.59 Å². The summed E-state index contributed by atoms with van der Waals surface area (Å²) >= 11 is 0. The summed E-state index contributed by atoms with van der Waals surface area (Å²) < 4.78 is 0. The van der Waals surface area contributed by atoms with Gasteiger partial charge in [0, 0.05) is 13.6 Å². The van der Waals surface area contributed by atoms with Crippen LogP contribution in [0.5, 0.6) is 0 Å². The molecule has 0 aromatic carbocycles. The van der Waals surface area contributed by atoms with E-state index in [4.69, 9.17) is 10.4 Å². The Morgan fingerprint density at radius 2 is 2.12 bits per heavy atom. The normalized spacial score (nSPS) is 13.4. The summed E-state index contributed by atoms with van der Waals surface area (Å²) in [5, 5.41) is 19.7. The minimum Gasteiger partial charge on any atom is -0.480 e. The molecule has 1 unspecified atom stereocenters. The van der Waals surface area contributed by atoms with E-state index in [2.05, 4.69) is 5.32 Å². The van der Waals surface area contributed by atoms with Crippen LogP contribution < -0.4 is 5.32 Å². The Labute approximate surface area is 94.8 Å². The fraction of sp³-hybridized carbons (Fsp3) is 0.700. The lowest BCUT2D eigenvalue weighted by atomic mass is 10.2. The third kappa shape index (κ3) is 4.64. The van der Waals surface area contributed by atoms with Crippen LogP contribution in [0.2, 0.25) is 0 Å². The zero-order valence-corrected chi connectivity index (χ0v) is 9.73. The summed E-state index contributed by atoms with van der Waals surface area (Å²) in [5.74, 6) is -1.33. The van der Waals surface area contributed by atoms with Gasteiger partial charge < -0.3 is 15.3 Å². The number of carbonyl (C=O) groups excluding carboxylic acids is 1. The summed E-state index contributed by atoms with van der Waals surface area (Å²) in [6.07, 6.45) is 0.322. The molecule has 0 fully saturated rings. The molecule has 0 saturated heterocycles. The van der Waals surface area contributed by atoms with E-state index in [1.165, 1.54) is 11.9 Å². The Morgan fingerprint density at radius 3 is 2.50 bits per heavy atom. The molecule has 2 N–H and O–H groups in total. The fourth-order valence-electron chi connectivity index (χ4n) is 1.13. The number of carbonyl (C=O) groups is 2. The van der Waals surface area contributed by atoms with E-state index in [1.54, 1.807) is 13.8 Å². The Balaban J connectivity index is 4.24. The summed E-state index contributed by atoms with van der Waals surface area (Å²) in [6.45, 7) is 3.65. The first kappa shape index (κ1) is 14.2. The molecule has 6 heteroatoms. The van der Waals surface area contributed by atoms with Gasteiger partial charge in [-0.2, -0.15) is 5.26 Å². The highest BCUT2D eigenvalue weighted by Gasteiger charge is 2.20. The van der Waals surface area contributed by atoms with Gasteiger partial charge in [0.05, 0.1) is 12.0 Å². The van der Waals surface area contributed by atoms with Crippen molar-refractivity contribution in [1.29, 1.82) is 5.26 Å². The first-order chi connectivity index (χ1) is 7.42. The SMILES string of the molecule is CC[C@@H](NC(=O)N(C)CC(C)C#N)C(=O)O. The van der Waals surface area contributed by atoms with Gasteiger partial charge in [-0.25, -0.2) is 9.59 Å². The Bertz CT molecular complexity index is 298. The second kappa shape index (κ2) is 6.67. The number of urea groups is 1. The lowest BCUT2D eigenvalue weighted by Crippen LogP contribution is -2.47. The smallest absolute Gasteiger partial charge is 0.326 e. The predicted octanol–water partition coefficient (Wildman–Crippen LogP) is 0.651. The van der Waals surface area contributed by atoms with E-state index in [1.807, 2.05) is 6.07 Å². The van der Waals surface area contributed by atoms with Crippen molar-refractivity contribution in [2.24, 2.45) is 5.92 Å². The number of carboxylic acids is 1. The number of carboxylic acid groups (broad SMARTS) is 1. The first-order valence-electron chi connectivity index (χ1n) is 5.06. The molecule has 2 atom stereocenters. The van der Waals surface area contributed by atoms with Crippen LogP contribution in [0.25, 0.3) is 0 Å². The lowest BCUT2D eigenvalue weighted by Gasteiger charge is -2.21. The first-order valence-corrected chi connectivity index (χ1v) is 5.06. The topological polar surface area (TPSA) is 93.4 Å². The Hall–Kier alpha value is -1.77. The third-order valence-electron chi connectivity index (χ3n) is 2.12. The largest absolute Gasteiger partial charge is 0.480 e. The molecule has 2 amide bonds. The molecule has 0 saturated carbocycles. The molecule has 0 aliphatic heterocycles.